The highest BCUT2D eigenvalue weighted by atomic mass is 15.3. The van der Waals surface area contributed by atoms with Gasteiger partial charge in [0.15, 0.2) is 0 Å². The Morgan fingerprint density at radius 2 is 2.16 bits per heavy atom. The lowest BCUT2D eigenvalue weighted by Gasteiger charge is -2.19. The van der Waals surface area contributed by atoms with Gasteiger partial charge in [-0.1, -0.05) is 13.0 Å². The minimum atomic E-state index is 0.684. The summed E-state index contributed by atoms with van der Waals surface area (Å²) in [6.45, 7) is 2.88. The van der Waals surface area contributed by atoms with E-state index >= 15 is 0 Å². The van der Waals surface area contributed by atoms with E-state index in [0.29, 0.717) is 5.56 Å². The van der Waals surface area contributed by atoms with Crippen LogP contribution < -0.4 is 4.90 Å². The van der Waals surface area contributed by atoms with Crippen molar-refractivity contribution in [3.63, 3.8) is 0 Å². The lowest BCUT2D eigenvalue weighted by molar-refractivity contribution is 0.689. The Morgan fingerprint density at radius 3 is 2.79 bits per heavy atom. The van der Waals surface area contributed by atoms with Gasteiger partial charge in [-0.15, -0.1) is 0 Å². The quantitative estimate of drug-likeness (QED) is 0.842. The van der Waals surface area contributed by atoms with Gasteiger partial charge in [0, 0.05) is 19.8 Å². The zero-order valence-electron chi connectivity index (χ0n) is 11.6. The molecular weight excluding hydrogens is 236 g/mol. The largest absolute Gasteiger partial charge is 0.369 e. The summed E-state index contributed by atoms with van der Waals surface area (Å²) in [6.07, 6.45) is 0.946. The molecule has 0 bridgehead atoms. The van der Waals surface area contributed by atoms with Gasteiger partial charge in [-0.05, 0) is 30.7 Å². The summed E-state index contributed by atoms with van der Waals surface area (Å²) < 4.78 is 1.92. The fourth-order valence-corrected chi connectivity index (χ4v) is 2.04. The third kappa shape index (κ3) is 2.94. The van der Waals surface area contributed by atoms with Crippen LogP contribution in [0.2, 0.25) is 0 Å². The van der Waals surface area contributed by atoms with Gasteiger partial charge in [0.1, 0.15) is 0 Å². The van der Waals surface area contributed by atoms with E-state index in [1.165, 1.54) is 5.69 Å². The molecule has 19 heavy (non-hydrogen) atoms. The van der Waals surface area contributed by atoms with Gasteiger partial charge in [0.05, 0.1) is 29.6 Å². The van der Waals surface area contributed by atoms with Gasteiger partial charge >= 0.3 is 0 Å². The van der Waals surface area contributed by atoms with E-state index in [1.807, 2.05) is 43.0 Å². The second-order valence-electron chi connectivity index (χ2n) is 4.62. The molecule has 1 heterocycles. The summed E-state index contributed by atoms with van der Waals surface area (Å²) in [5.41, 5.74) is 4.00. The molecular formula is C15H18N4. The number of rotatable bonds is 4. The average molecular weight is 254 g/mol. The highest BCUT2D eigenvalue weighted by molar-refractivity contribution is 5.51. The van der Waals surface area contributed by atoms with Crippen LogP contribution in [-0.2, 0) is 20.0 Å². The molecule has 4 nitrogen and oxygen atoms in total. The molecule has 0 saturated carbocycles. The van der Waals surface area contributed by atoms with Gasteiger partial charge in [-0.2, -0.15) is 10.4 Å². The van der Waals surface area contributed by atoms with E-state index in [4.69, 9.17) is 5.26 Å². The lowest BCUT2D eigenvalue weighted by atomic mass is 10.2. The number of nitriles is 1. The first-order valence-corrected chi connectivity index (χ1v) is 6.37. The van der Waals surface area contributed by atoms with Crippen LogP contribution in [0.1, 0.15) is 23.9 Å². The van der Waals surface area contributed by atoms with E-state index in [0.717, 1.165) is 24.3 Å². The van der Waals surface area contributed by atoms with Crippen LogP contribution in [-0.4, -0.2) is 16.8 Å². The van der Waals surface area contributed by atoms with Crippen molar-refractivity contribution in [2.45, 2.75) is 19.9 Å². The Hall–Kier alpha value is -2.28. The number of benzene rings is 1. The smallest absolute Gasteiger partial charge is 0.0992 e. The number of hydrogen-bond acceptors (Lipinski definition) is 3. The van der Waals surface area contributed by atoms with Crippen molar-refractivity contribution in [2.75, 3.05) is 11.9 Å². The van der Waals surface area contributed by atoms with Crippen LogP contribution in [0.25, 0.3) is 0 Å². The van der Waals surface area contributed by atoms with Gasteiger partial charge in [0.25, 0.3) is 0 Å². The molecule has 4 heteroatoms. The molecule has 0 aliphatic heterocycles. The van der Waals surface area contributed by atoms with E-state index in [1.54, 1.807) is 0 Å². The molecule has 0 unspecified atom stereocenters. The number of aromatic nitrogens is 2. The molecule has 0 atom stereocenters. The molecule has 0 saturated heterocycles. The molecule has 0 aliphatic rings. The SMILES string of the molecule is CCc1cc(CN(C)c2cccc(C#N)c2)n(C)n1. The van der Waals surface area contributed by atoms with Gasteiger partial charge < -0.3 is 4.90 Å². The molecule has 98 valence electrons. The second kappa shape index (κ2) is 5.57. The molecule has 0 aliphatic carbocycles. The second-order valence-corrected chi connectivity index (χ2v) is 4.62. The maximum Gasteiger partial charge on any atom is 0.0992 e. The molecule has 0 amide bonds. The highest BCUT2D eigenvalue weighted by Crippen LogP contribution is 2.17. The molecule has 0 fully saturated rings. The normalized spacial score (nSPS) is 10.2. The summed E-state index contributed by atoms with van der Waals surface area (Å²) in [5.74, 6) is 0. The Labute approximate surface area is 113 Å². The topological polar surface area (TPSA) is 44.9 Å². The van der Waals surface area contributed by atoms with Crippen LogP contribution in [0.4, 0.5) is 5.69 Å². The van der Waals surface area contributed by atoms with Crippen LogP contribution in [0.3, 0.4) is 0 Å². The third-order valence-electron chi connectivity index (χ3n) is 3.20. The minimum Gasteiger partial charge on any atom is -0.369 e. The summed E-state index contributed by atoms with van der Waals surface area (Å²) in [4.78, 5) is 2.12. The first-order chi connectivity index (χ1) is 9.13. The van der Waals surface area contributed by atoms with Crippen LogP contribution in [0.15, 0.2) is 30.3 Å². The first-order valence-electron chi connectivity index (χ1n) is 6.37. The maximum absolute atomic E-state index is 8.93. The zero-order valence-corrected chi connectivity index (χ0v) is 11.6. The van der Waals surface area contributed by atoms with Crippen molar-refractivity contribution >= 4 is 5.69 Å². The van der Waals surface area contributed by atoms with Crippen molar-refractivity contribution < 1.29 is 0 Å². The van der Waals surface area contributed by atoms with Crippen molar-refractivity contribution in [3.05, 3.63) is 47.3 Å². The van der Waals surface area contributed by atoms with E-state index in [-0.39, 0.29) is 0 Å². The van der Waals surface area contributed by atoms with Crippen molar-refractivity contribution in [1.82, 2.24) is 9.78 Å². The Kier molecular flexibility index (Phi) is 3.86. The fraction of sp³-hybridized carbons (Fsp3) is 0.333. The van der Waals surface area contributed by atoms with Gasteiger partial charge in [-0.3, -0.25) is 4.68 Å². The highest BCUT2D eigenvalue weighted by Gasteiger charge is 2.08. The van der Waals surface area contributed by atoms with Gasteiger partial charge in [-0.25, -0.2) is 0 Å². The van der Waals surface area contributed by atoms with Crippen molar-refractivity contribution in [2.24, 2.45) is 7.05 Å². The van der Waals surface area contributed by atoms with Crippen molar-refractivity contribution in [1.29, 1.82) is 5.26 Å². The molecule has 1 aromatic carbocycles. The predicted molar refractivity (Wildman–Crippen MR) is 75.9 cm³/mol. The summed E-state index contributed by atoms with van der Waals surface area (Å²) in [7, 11) is 3.99. The molecule has 2 aromatic rings. The van der Waals surface area contributed by atoms with Crippen LogP contribution >= 0.6 is 0 Å². The molecule has 0 N–H and O–H groups in total. The summed E-state index contributed by atoms with van der Waals surface area (Å²) in [6, 6.07) is 11.9. The van der Waals surface area contributed by atoms with E-state index in [2.05, 4.69) is 29.1 Å². The fourth-order valence-electron chi connectivity index (χ4n) is 2.04. The van der Waals surface area contributed by atoms with Crippen LogP contribution in [0.5, 0.6) is 0 Å². The standard InChI is InChI=1S/C15H18N4/c1-4-13-9-15(19(3)17-13)11-18(2)14-7-5-6-12(8-14)10-16/h5-9H,4,11H2,1-3H3. The molecule has 0 radical (unpaired) electrons. The summed E-state index contributed by atoms with van der Waals surface area (Å²) >= 11 is 0. The number of hydrogen-bond donors (Lipinski definition) is 0. The number of aryl methyl sites for hydroxylation is 2. The van der Waals surface area contributed by atoms with Gasteiger partial charge in [0.2, 0.25) is 0 Å². The van der Waals surface area contributed by atoms with Crippen molar-refractivity contribution in [3.8, 4) is 6.07 Å². The number of anilines is 1. The molecule has 1 aromatic heterocycles. The molecule has 0 spiro atoms. The lowest BCUT2D eigenvalue weighted by Crippen LogP contribution is -2.18. The van der Waals surface area contributed by atoms with E-state index < -0.39 is 0 Å². The third-order valence-corrected chi connectivity index (χ3v) is 3.20. The minimum absolute atomic E-state index is 0.684. The van der Waals surface area contributed by atoms with E-state index in [9.17, 15) is 0 Å². The maximum atomic E-state index is 8.93. The van der Waals surface area contributed by atoms with Crippen LogP contribution in [0, 0.1) is 11.3 Å². The predicted octanol–water partition coefficient (Wildman–Crippen LogP) is 2.49. The number of nitrogens with zero attached hydrogens (tertiary/aromatic N) is 4. The Morgan fingerprint density at radius 1 is 1.37 bits per heavy atom. The summed E-state index contributed by atoms with van der Waals surface area (Å²) in [5, 5.41) is 13.4. The average Bonchev–Trinajstić information content (AvgIpc) is 2.79. The monoisotopic (exact) mass is 254 g/mol. The Balaban J connectivity index is 2.18. The Bertz CT molecular complexity index is 607. The molecule has 2 rings (SSSR count). The first kappa shape index (κ1) is 13.2. The zero-order chi connectivity index (χ0) is 13.8.